The number of nitrogens with zero attached hydrogens (tertiary/aromatic N) is 1. The molecule has 0 aliphatic carbocycles. The first kappa shape index (κ1) is 11.0. The largest absolute Gasteiger partial charge is 0.301 e. The molecule has 1 atom stereocenters. The zero-order valence-corrected chi connectivity index (χ0v) is 9.74. The maximum absolute atomic E-state index is 5.88. The van der Waals surface area contributed by atoms with E-state index < -0.39 is 0 Å². The van der Waals surface area contributed by atoms with E-state index in [0.29, 0.717) is 0 Å². The molecule has 0 aliphatic rings. The summed E-state index contributed by atoms with van der Waals surface area (Å²) in [5, 5.41) is 2.40. The summed E-state index contributed by atoms with van der Waals surface area (Å²) in [4.78, 5) is 3.73. The summed E-state index contributed by atoms with van der Waals surface area (Å²) in [6.45, 7) is 4.16. The van der Waals surface area contributed by atoms with Crippen molar-refractivity contribution in [2.24, 2.45) is 0 Å². The lowest BCUT2D eigenvalue weighted by atomic mass is 10.3. The smallest absolute Gasteiger partial charge is 0.0324 e. The first-order chi connectivity index (χ1) is 6.18. The van der Waals surface area contributed by atoms with E-state index in [2.05, 4.69) is 29.5 Å². The van der Waals surface area contributed by atoms with E-state index in [1.807, 2.05) is 18.3 Å². The number of hydrogen-bond acceptors (Lipinski definition) is 2. The SMILES string of the molecule is CC(Cl)CCN(C)Cc1cccs1. The first-order valence-corrected chi connectivity index (χ1v) is 5.85. The average molecular weight is 218 g/mol. The van der Waals surface area contributed by atoms with E-state index in [4.69, 9.17) is 11.6 Å². The summed E-state index contributed by atoms with van der Waals surface area (Å²) in [6, 6.07) is 4.27. The maximum atomic E-state index is 5.88. The predicted octanol–water partition coefficient (Wildman–Crippen LogP) is 3.20. The molecule has 0 fully saturated rings. The van der Waals surface area contributed by atoms with Crippen molar-refractivity contribution in [1.82, 2.24) is 4.90 Å². The summed E-state index contributed by atoms with van der Waals surface area (Å²) < 4.78 is 0. The van der Waals surface area contributed by atoms with Gasteiger partial charge in [-0.05, 0) is 38.4 Å². The lowest BCUT2D eigenvalue weighted by molar-refractivity contribution is 0.324. The van der Waals surface area contributed by atoms with E-state index in [-0.39, 0.29) is 5.38 Å². The van der Waals surface area contributed by atoms with Crippen LogP contribution in [0.1, 0.15) is 18.2 Å². The van der Waals surface area contributed by atoms with Crippen LogP contribution < -0.4 is 0 Å². The fraction of sp³-hybridized carbons (Fsp3) is 0.600. The topological polar surface area (TPSA) is 3.24 Å². The van der Waals surface area contributed by atoms with Gasteiger partial charge in [0.15, 0.2) is 0 Å². The van der Waals surface area contributed by atoms with Crippen molar-refractivity contribution in [3.8, 4) is 0 Å². The Kier molecular flexibility index (Phi) is 4.78. The monoisotopic (exact) mass is 217 g/mol. The van der Waals surface area contributed by atoms with Gasteiger partial charge in [0, 0.05) is 16.8 Å². The number of thiophene rings is 1. The van der Waals surface area contributed by atoms with Crippen molar-refractivity contribution in [3.63, 3.8) is 0 Å². The fourth-order valence-corrected chi connectivity index (χ4v) is 2.03. The van der Waals surface area contributed by atoms with E-state index in [1.54, 1.807) is 0 Å². The van der Waals surface area contributed by atoms with Crippen LogP contribution in [0, 0.1) is 0 Å². The molecule has 0 N–H and O–H groups in total. The maximum Gasteiger partial charge on any atom is 0.0324 e. The summed E-state index contributed by atoms with van der Waals surface area (Å²) in [6.07, 6.45) is 1.06. The minimum absolute atomic E-state index is 0.283. The number of halogens is 1. The number of hydrogen-bond donors (Lipinski definition) is 0. The van der Waals surface area contributed by atoms with Crippen molar-refractivity contribution in [2.45, 2.75) is 25.3 Å². The van der Waals surface area contributed by atoms with Crippen molar-refractivity contribution in [3.05, 3.63) is 22.4 Å². The molecule has 0 radical (unpaired) electrons. The molecule has 1 unspecified atom stereocenters. The molecule has 1 nitrogen and oxygen atoms in total. The second kappa shape index (κ2) is 5.63. The Bertz CT molecular complexity index is 221. The Morgan fingerprint density at radius 3 is 2.92 bits per heavy atom. The van der Waals surface area contributed by atoms with Crippen molar-refractivity contribution < 1.29 is 0 Å². The summed E-state index contributed by atoms with van der Waals surface area (Å²) >= 11 is 7.69. The molecule has 0 saturated carbocycles. The van der Waals surface area contributed by atoms with Crippen LogP contribution in [0.3, 0.4) is 0 Å². The summed E-state index contributed by atoms with van der Waals surface area (Å²) in [7, 11) is 2.14. The second-order valence-corrected chi connectivity index (χ2v) is 5.16. The molecule has 1 heterocycles. The fourth-order valence-electron chi connectivity index (χ4n) is 1.15. The van der Waals surface area contributed by atoms with Crippen LogP contribution in [0.2, 0.25) is 0 Å². The third-order valence-corrected chi connectivity index (χ3v) is 2.99. The molecule has 13 heavy (non-hydrogen) atoms. The second-order valence-electron chi connectivity index (χ2n) is 3.39. The molecule has 1 rings (SSSR count). The standard InChI is InChI=1S/C10H16ClNS/c1-9(11)5-6-12(2)8-10-4-3-7-13-10/h3-4,7,9H,5-6,8H2,1-2H3. The molecule has 3 heteroatoms. The summed E-state index contributed by atoms with van der Waals surface area (Å²) in [5.41, 5.74) is 0. The Morgan fingerprint density at radius 1 is 1.62 bits per heavy atom. The van der Waals surface area contributed by atoms with Crippen LogP contribution in [-0.2, 0) is 6.54 Å². The van der Waals surface area contributed by atoms with Gasteiger partial charge in [0.1, 0.15) is 0 Å². The molecule has 0 bridgehead atoms. The highest BCUT2D eigenvalue weighted by atomic mass is 35.5. The van der Waals surface area contributed by atoms with E-state index in [0.717, 1.165) is 19.5 Å². The van der Waals surface area contributed by atoms with Crippen LogP contribution in [0.25, 0.3) is 0 Å². The molecular formula is C10H16ClNS. The van der Waals surface area contributed by atoms with Gasteiger partial charge in [-0.15, -0.1) is 22.9 Å². The lowest BCUT2D eigenvalue weighted by Gasteiger charge is -2.15. The highest BCUT2D eigenvalue weighted by Gasteiger charge is 2.02. The zero-order valence-electron chi connectivity index (χ0n) is 8.16. The molecule has 0 saturated heterocycles. The average Bonchev–Trinajstić information content (AvgIpc) is 2.53. The van der Waals surface area contributed by atoms with Crippen LogP contribution >= 0.6 is 22.9 Å². The van der Waals surface area contributed by atoms with Gasteiger partial charge in [-0.1, -0.05) is 6.07 Å². The predicted molar refractivity (Wildman–Crippen MR) is 60.6 cm³/mol. The Balaban J connectivity index is 2.22. The lowest BCUT2D eigenvalue weighted by Crippen LogP contribution is -2.20. The number of alkyl halides is 1. The van der Waals surface area contributed by atoms with Gasteiger partial charge in [-0.3, -0.25) is 0 Å². The van der Waals surface area contributed by atoms with Crippen LogP contribution in [-0.4, -0.2) is 23.9 Å². The first-order valence-electron chi connectivity index (χ1n) is 4.53. The molecule has 0 spiro atoms. The van der Waals surface area contributed by atoms with Crippen LogP contribution in [0.15, 0.2) is 17.5 Å². The minimum atomic E-state index is 0.283. The van der Waals surface area contributed by atoms with Gasteiger partial charge in [0.05, 0.1) is 0 Å². The third-order valence-electron chi connectivity index (χ3n) is 1.91. The molecule has 1 aromatic rings. The van der Waals surface area contributed by atoms with Crippen molar-refractivity contribution in [1.29, 1.82) is 0 Å². The Morgan fingerprint density at radius 2 is 2.38 bits per heavy atom. The molecule has 0 aromatic carbocycles. The van der Waals surface area contributed by atoms with Gasteiger partial charge in [-0.2, -0.15) is 0 Å². The third kappa shape index (κ3) is 4.65. The van der Waals surface area contributed by atoms with Gasteiger partial charge < -0.3 is 4.90 Å². The molecule has 1 aromatic heterocycles. The van der Waals surface area contributed by atoms with Crippen molar-refractivity contribution >= 4 is 22.9 Å². The van der Waals surface area contributed by atoms with Gasteiger partial charge >= 0.3 is 0 Å². The van der Waals surface area contributed by atoms with E-state index in [1.165, 1.54) is 4.88 Å². The highest BCUT2D eigenvalue weighted by Crippen LogP contribution is 2.11. The quantitative estimate of drug-likeness (QED) is 0.685. The van der Waals surface area contributed by atoms with Gasteiger partial charge in [0.2, 0.25) is 0 Å². The summed E-state index contributed by atoms with van der Waals surface area (Å²) in [5.74, 6) is 0. The normalized spacial score (nSPS) is 13.5. The zero-order chi connectivity index (χ0) is 9.68. The molecule has 0 aliphatic heterocycles. The van der Waals surface area contributed by atoms with Gasteiger partial charge in [0.25, 0.3) is 0 Å². The van der Waals surface area contributed by atoms with E-state index in [9.17, 15) is 0 Å². The minimum Gasteiger partial charge on any atom is -0.301 e. The Labute approximate surface area is 89.3 Å². The molecular weight excluding hydrogens is 202 g/mol. The number of rotatable bonds is 5. The van der Waals surface area contributed by atoms with E-state index >= 15 is 0 Å². The molecule has 0 amide bonds. The van der Waals surface area contributed by atoms with Crippen LogP contribution in [0.4, 0.5) is 0 Å². The van der Waals surface area contributed by atoms with Crippen molar-refractivity contribution in [2.75, 3.05) is 13.6 Å². The van der Waals surface area contributed by atoms with Gasteiger partial charge in [-0.25, -0.2) is 0 Å². The Hall–Kier alpha value is -0.0500. The van der Waals surface area contributed by atoms with Crippen LogP contribution in [0.5, 0.6) is 0 Å². The molecule has 74 valence electrons. The highest BCUT2D eigenvalue weighted by molar-refractivity contribution is 7.09.